The SMILES string of the molecule is COCCCNc1ccc(C(=O)N2CCc3ccccc32)nn1. The third-order valence-corrected chi connectivity index (χ3v) is 3.85. The quantitative estimate of drug-likeness (QED) is 0.828. The molecular weight excluding hydrogens is 292 g/mol. The Morgan fingerprint density at radius 2 is 2.13 bits per heavy atom. The molecule has 23 heavy (non-hydrogen) atoms. The molecule has 1 aliphatic heterocycles. The summed E-state index contributed by atoms with van der Waals surface area (Å²) in [6, 6.07) is 11.5. The molecule has 2 heterocycles. The van der Waals surface area contributed by atoms with Gasteiger partial charge < -0.3 is 15.0 Å². The predicted molar refractivity (Wildman–Crippen MR) is 88.8 cm³/mol. The van der Waals surface area contributed by atoms with Crippen LogP contribution in [0.15, 0.2) is 36.4 Å². The first kappa shape index (κ1) is 15.4. The number of carbonyl (C=O) groups is 1. The highest BCUT2D eigenvalue weighted by atomic mass is 16.5. The van der Waals surface area contributed by atoms with Crippen LogP contribution in [0.3, 0.4) is 0 Å². The normalized spacial score (nSPS) is 13.0. The Hall–Kier alpha value is -2.47. The maximum Gasteiger partial charge on any atom is 0.278 e. The van der Waals surface area contributed by atoms with E-state index in [1.807, 2.05) is 18.2 Å². The summed E-state index contributed by atoms with van der Waals surface area (Å²) in [5.41, 5.74) is 2.54. The molecule has 0 atom stereocenters. The second-order valence-electron chi connectivity index (χ2n) is 5.41. The van der Waals surface area contributed by atoms with E-state index in [1.54, 1.807) is 24.1 Å². The standard InChI is InChI=1S/C17H20N4O2/c1-23-12-4-10-18-16-8-7-14(19-20-16)17(22)21-11-9-13-5-2-3-6-15(13)21/h2-3,5-8H,4,9-12H2,1H3,(H,18,20). The summed E-state index contributed by atoms with van der Waals surface area (Å²) in [6.45, 7) is 2.15. The van der Waals surface area contributed by atoms with Gasteiger partial charge in [-0.1, -0.05) is 18.2 Å². The smallest absolute Gasteiger partial charge is 0.278 e. The summed E-state index contributed by atoms with van der Waals surface area (Å²) in [7, 11) is 1.68. The van der Waals surface area contributed by atoms with Crippen LogP contribution < -0.4 is 10.2 Å². The van der Waals surface area contributed by atoms with Gasteiger partial charge in [-0.15, -0.1) is 10.2 Å². The van der Waals surface area contributed by atoms with Gasteiger partial charge in [0.1, 0.15) is 5.82 Å². The summed E-state index contributed by atoms with van der Waals surface area (Å²) >= 11 is 0. The van der Waals surface area contributed by atoms with E-state index in [9.17, 15) is 4.79 Å². The first-order chi connectivity index (χ1) is 11.3. The number of fused-ring (bicyclic) bond motifs is 1. The number of para-hydroxylation sites is 1. The zero-order valence-corrected chi connectivity index (χ0v) is 13.2. The summed E-state index contributed by atoms with van der Waals surface area (Å²) in [6.07, 6.45) is 1.78. The van der Waals surface area contributed by atoms with Gasteiger partial charge >= 0.3 is 0 Å². The molecule has 6 nitrogen and oxygen atoms in total. The minimum Gasteiger partial charge on any atom is -0.385 e. The Morgan fingerprint density at radius 3 is 2.91 bits per heavy atom. The van der Waals surface area contributed by atoms with Crippen LogP contribution in [0.4, 0.5) is 11.5 Å². The lowest BCUT2D eigenvalue weighted by Gasteiger charge is -2.16. The molecule has 0 radical (unpaired) electrons. The Balaban J connectivity index is 1.65. The third-order valence-electron chi connectivity index (χ3n) is 3.85. The van der Waals surface area contributed by atoms with Crippen LogP contribution >= 0.6 is 0 Å². The van der Waals surface area contributed by atoms with Gasteiger partial charge in [-0.05, 0) is 36.6 Å². The summed E-state index contributed by atoms with van der Waals surface area (Å²) in [4.78, 5) is 14.4. The number of ether oxygens (including phenoxy) is 1. The predicted octanol–water partition coefficient (Wildman–Crippen LogP) is 2.13. The van der Waals surface area contributed by atoms with Gasteiger partial charge in [-0.2, -0.15) is 0 Å². The van der Waals surface area contributed by atoms with Crippen molar-refractivity contribution in [1.29, 1.82) is 0 Å². The first-order valence-electron chi connectivity index (χ1n) is 7.76. The van der Waals surface area contributed by atoms with Crippen LogP contribution in [0.2, 0.25) is 0 Å². The Morgan fingerprint density at radius 1 is 1.26 bits per heavy atom. The molecule has 3 rings (SSSR count). The minimum absolute atomic E-state index is 0.103. The number of anilines is 2. The zero-order valence-electron chi connectivity index (χ0n) is 13.2. The molecule has 0 saturated heterocycles. The van der Waals surface area contributed by atoms with E-state index in [2.05, 4.69) is 21.6 Å². The van der Waals surface area contributed by atoms with Crippen LogP contribution in [0.5, 0.6) is 0 Å². The van der Waals surface area contributed by atoms with Crippen molar-refractivity contribution in [3.05, 3.63) is 47.7 Å². The Kier molecular flexibility index (Phi) is 4.83. The van der Waals surface area contributed by atoms with Crippen LogP contribution in [0.25, 0.3) is 0 Å². The molecule has 0 spiro atoms. The number of aromatic nitrogens is 2. The van der Waals surface area contributed by atoms with Crippen LogP contribution in [0, 0.1) is 0 Å². The number of hydrogen-bond acceptors (Lipinski definition) is 5. The highest BCUT2D eigenvalue weighted by molar-refractivity contribution is 6.06. The molecule has 1 amide bonds. The number of amides is 1. The van der Waals surface area contributed by atoms with Gasteiger partial charge in [-0.3, -0.25) is 4.79 Å². The fourth-order valence-corrected chi connectivity index (χ4v) is 2.66. The molecular formula is C17H20N4O2. The highest BCUT2D eigenvalue weighted by Gasteiger charge is 2.26. The topological polar surface area (TPSA) is 67.3 Å². The number of rotatable bonds is 6. The third kappa shape index (κ3) is 3.48. The van der Waals surface area contributed by atoms with Crippen molar-refractivity contribution in [3.8, 4) is 0 Å². The fraction of sp³-hybridized carbons (Fsp3) is 0.353. The number of nitrogens with one attached hydrogen (secondary N) is 1. The van der Waals surface area contributed by atoms with Gasteiger partial charge in [0.05, 0.1) is 0 Å². The van der Waals surface area contributed by atoms with Crippen molar-refractivity contribution >= 4 is 17.4 Å². The van der Waals surface area contributed by atoms with E-state index in [1.165, 1.54) is 5.56 Å². The molecule has 6 heteroatoms. The second-order valence-corrected chi connectivity index (χ2v) is 5.41. The van der Waals surface area contributed by atoms with E-state index in [4.69, 9.17) is 4.74 Å². The Labute approximate surface area is 135 Å². The summed E-state index contributed by atoms with van der Waals surface area (Å²) in [5.74, 6) is 0.563. The van der Waals surface area contributed by atoms with Crippen molar-refractivity contribution < 1.29 is 9.53 Å². The lowest BCUT2D eigenvalue weighted by Crippen LogP contribution is -2.29. The van der Waals surface area contributed by atoms with Crippen molar-refractivity contribution in [2.24, 2.45) is 0 Å². The summed E-state index contributed by atoms with van der Waals surface area (Å²) < 4.78 is 4.99. The Bertz CT molecular complexity index is 673. The number of carbonyl (C=O) groups excluding carboxylic acids is 1. The molecule has 0 fully saturated rings. The van der Waals surface area contributed by atoms with Crippen LogP contribution in [-0.4, -0.2) is 42.9 Å². The van der Waals surface area contributed by atoms with Gasteiger partial charge in [0.25, 0.3) is 5.91 Å². The van der Waals surface area contributed by atoms with E-state index in [0.717, 1.165) is 25.1 Å². The number of methoxy groups -OCH3 is 1. The average Bonchev–Trinajstić information content (AvgIpc) is 3.03. The largest absolute Gasteiger partial charge is 0.385 e. The number of hydrogen-bond donors (Lipinski definition) is 1. The first-order valence-corrected chi connectivity index (χ1v) is 7.76. The lowest BCUT2D eigenvalue weighted by molar-refractivity contribution is 0.0983. The molecule has 1 aliphatic rings. The van der Waals surface area contributed by atoms with Crippen LogP contribution in [0.1, 0.15) is 22.5 Å². The highest BCUT2D eigenvalue weighted by Crippen LogP contribution is 2.28. The minimum atomic E-state index is -0.103. The molecule has 1 aromatic heterocycles. The van der Waals surface area contributed by atoms with E-state index >= 15 is 0 Å². The maximum atomic E-state index is 12.6. The number of nitrogens with zero attached hydrogens (tertiary/aromatic N) is 3. The molecule has 0 saturated carbocycles. The zero-order chi connectivity index (χ0) is 16.1. The van der Waals surface area contributed by atoms with Gasteiger partial charge in [0.2, 0.25) is 0 Å². The molecule has 1 aromatic carbocycles. The van der Waals surface area contributed by atoms with Gasteiger partial charge in [0.15, 0.2) is 5.69 Å². The average molecular weight is 312 g/mol. The van der Waals surface area contributed by atoms with E-state index in [-0.39, 0.29) is 5.91 Å². The van der Waals surface area contributed by atoms with Crippen LogP contribution in [-0.2, 0) is 11.2 Å². The van der Waals surface area contributed by atoms with E-state index in [0.29, 0.717) is 24.7 Å². The molecule has 2 aromatic rings. The molecule has 0 unspecified atom stereocenters. The summed E-state index contributed by atoms with van der Waals surface area (Å²) in [5, 5.41) is 11.3. The molecule has 0 aliphatic carbocycles. The van der Waals surface area contributed by atoms with Gasteiger partial charge in [0, 0.05) is 32.5 Å². The van der Waals surface area contributed by atoms with Crippen molar-refractivity contribution in [2.45, 2.75) is 12.8 Å². The van der Waals surface area contributed by atoms with Crippen molar-refractivity contribution in [2.75, 3.05) is 37.0 Å². The lowest BCUT2D eigenvalue weighted by atomic mass is 10.2. The van der Waals surface area contributed by atoms with Crippen molar-refractivity contribution in [3.63, 3.8) is 0 Å². The number of benzene rings is 1. The molecule has 0 bridgehead atoms. The second kappa shape index (κ2) is 7.19. The van der Waals surface area contributed by atoms with Gasteiger partial charge in [-0.25, -0.2) is 0 Å². The van der Waals surface area contributed by atoms with E-state index < -0.39 is 0 Å². The maximum absolute atomic E-state index is 12.6. The molecule has 1 N–H and O–H groups in total. The fourth-order valence-electron chi connectivity index (χ4n) is 2.66. The monoisotopic (exact) mass is 312 g/mol. The van der Waals surface area contributed by atoms with Crippen molar-refractivity contribution in [1.82, 2.24) is 10.2 Å². The molecule has 120 valence electrons.